The normalized spacial score (nSPS) is 17.5. The highest BCUT2D eigenvalue weighted by atomic mass is 16.5. The molecule has 5 amide bonds. The van der Waals surface area contributed by atoms with Gasteiger partial charge in [0.05, 0.1) is 25.6 Å². The van der Waals surface area contributed by atoms with E-state index in [9.17, 15) is 38.7 Å². The van der Waals surface area contributed by atoms with Gasteiger partial charge in [-0.2, -0.15) is 0 Å². The average Bonchev–Trinajstić information content (AvgIpc) is 3.10. The van der Waals surface area contributed by atoms with E-state index in [0.29, 0.717) is 11.8 Å². The van der Waals surface area contributed by atoms with Gasteiger partial charge in [0.25, 0.3) is 0 Å². The van der Waals surface area contributed by atoms with Gasteiger partial charge in [0, 0.05) is 13.0 Å². The Labute approximate surface area is 239 Å². The van der Waals surface area contributed by atoms with Crippen LogP contribution in [0.1, 0.15) is 36.0 Å². The van der Waals surface area contributed by atoms with Gasteiger partial charge in [0.2, 0.25) is 11.8 Å². The molecule has 0 aromatic heterocycles. The fourth-order valence-electron chi connectivity index (χ4n) is 4.78. The summed E-state index contributed by atoms with van der Waals surface area (Å²) in [7, 11) is 1.09. The average molecular weight is 584 g/mol. The van der Waals surface area contributed by atoms with E-state index in [1.807, 2.05) is 0 Å². The van der Waals surface area contributed by atoms with Crippen LogP contribution >= 0.6 is 0 Å². The summed E-state index contributed by atoms with van der Waals surface area (Å²) >= 11 is 0. The molecule has 2 heterocycles. The Bertz CT molecular complexity index is 1420. The first-order chi connectivity index (χ1) is 20.1. The molecular formula is C27H29N5O10. The van der Waals surface area contributed by atoms with E-state index < -0.39 is 66.8 Å². The second kappa shape index (κ2) is 13.0. The summed E-state index contributed by atoms with van der Waals surface area (Å²) < 4.78 is 9.69. The fraction of sp³-hybridized carbons (Fsp3) is 0.370. The summed E-state index contributed by atoms with van der Waals surface area (Å²) in [5.74, 6) is -4.49. The van der Waals surface area contributed by atoms with Gasteiger partial charge in [-0.05, 0) is 29.7 Å². The number of methoxy groups -OCH3 is 1. The Morgan fingerprint density at radius 1 is 1.05 bits per heavy atom. The van der Waals surface area contributed by atoms with Crippen molar-refractivity contribution in [2.45, 2.75) is 37.8 Å². The van der Waals surface area contributed by atoms with Crippen molar-refractivity contribution >= 4 is 52.4 Å². The molecule has 0 saturated carbocycles. The van der Waals surface area contributed by atoms with Crippen LogP contribution in [-0.4, -0.2) is 101 Å². The van der Waals surface area contributed by atoms with E-state index in [4.69, 9.17) is 4.74 Å². The standard InChI is InChI=1S/C27H29N5O10/c1-41-26(39)29-30-13-11-22(34)31-12-5-10-20(32(31)27(30)40)24(37)28-19(14-23(35)36)21(33)15-42-25(38)18-9-4-7-16-6-2-3-8-17(16)18/h2-4,6-9,19-20H,5,10-15H2,1H3,(H,28,37)(H,29,39)(H,35,36). The van der Waals surface area contributed by atoms with Gasteiger partial charge in [-0.15, -0.1) is 0 Å². The third-order valence-corrected chi connectivity index (χ3v) is 6.82. The Morgan fingerprint density at radius 2 is 1.79 bits per heavy atom. The van der Waals surface area contributed by atoms with Crippen molar-refractivity contribution in [1.82, 2.24) is 25.8 Å². The molecule has 4 rings (SSSR count). The number of Topliss-reactive ketones (excluding diaryl/α,β-unsaturated/α-hetero) is 1. The van der Waals surface area contributed by atoms with E-state index in [1.165, 1.54) is 6.07 Å². The number of fused-ring (bicyclic) bond motifs is 2. The predicted molar refractivity (Wildman–Crippen MR) is 142 cm³/mol. The van der Waals surface area contributed by atoms with Crippen molar-refractivity contribution in [3.63, 3.8) is 0 Å². The van der Waals surface area contributed by atoms with Crippen LogP contribution in [0.25, 0.3) is 10.8 Å². The lowest BCUT2D eigenvalue weighted by Gasteiger charge is -2.42. The molecule has 2 aromatic rings. The van der Waals surface area contributed by atoms with E-state index in [0.717, 1.165) is 27.5 Å². The molecule has 15 nitrogen and oxygen atoms in total. The first kappa shape index (κ1) is 29.8. The summed E-state index contributed by atoms with van der Waals surface area (Å²) in [5.41, 5.74) is 2.40. The van der Waals surface area contributed by atoms with Crippen LogP contribution in [0, 0.1) is 0 Å². The minimum Gasteiger partial charge on any atom is -0.481 e. The molecule has 222 valence electrons. The van der Waals surface area contributed by atoms with Crippen LogP contribution in [0.15, 0.2) is 42.5 Å². The molecule has 0 spiro atoms. The van der Waals surface area contributed by atoms with Crippen molar-refractivity contribution < 1.29 is 48.1 Å². The number of hydrogen-bond donors (Lipinski definition) is 3. The molecule has 2 saturated heterocycles. The van der Waals surface area contributed by atoms with Crippen molar-refractivity contribution in [2.24, 2.45) is 0 Å². The summed E-state index contributed by atoms with van der Waals surface area (Å²) in [5, 5.41) is 15.9. The Morgan fingerprint density at radius 3 is 2.52 bits per heavy atom. The van der Waals surface area contributed by atoms with E-state index in [-0.39, 0.29) is 31.5 Å². The lowest BCUT2D eigenvalue weighted by Crippen LogP contribution is -2.65. The molecule has 15 heteroatoms. The number of hydrazine groups is 2. The third-order valence-electron chi connectivity index (χ3n) is 6.82. The number of esters is 1. The second-order valence-electron chi connectivity index (χ2n) is 9.54. The van der Waals surface area contributed by atoms with Crippen LogP contribution in [0.5, 0.6) is 0 Å². The number of benzene rings is 2. The fourth-order valence-corrected chi connectivity index (χ4v) is 4.78. The molecule has 2 atom stereocenters. The molecule has 2 aromatic carbocycles. The second-order valence-corrected chi connectivity index (χ2v) is 9.54. The van der Waals surface area contributed by atoms with Gasteiger partial charge < -0.3 is 19.9 Å². The number of urea groups is 1. The topological polar surface area (TPSA) is 192 Å². The molecule has 2 aliphatic rings. The van der Waals surface area contributed by atoms with E-state index in [1.54, 1.807) is 36.4 Å². The van der Waals surface area contributed by atoms with Gasteiger partial charge in [0.15, 0.2) is 12.4 Å². The maximum absolute atomic E-state index is 13.4. The zero-order valence-electron chi connectivity index (χ0n) is 22.6. The Kier molecular flexibility index (Phi) is 9.19. The van der Waals surface area contributed by atoms with Crippen LogP contribution in [0.2, 0.25) is 0 Å². The number of rotatable bonds is 9. The number of carbonyl (C=O) groups excluding carboxylic acids is 6. The number of carboxylic acid groups (broad SMARTS) is 1. The largest absolute Gasteiger partial charge is 0.481 e. The highest BCUT2D eigenvalue weighted by molar-refractivity contribution is 6.05. The predicted octanol–water partition coefficient (Wildman–Crippen LogP) is 0.830. The minimum absolute atomic E-state index is 0.0808. The number of hydrogen-bond acceptors (Lipinski definition) is 9. The lowest BCUT2D eigenvalue weighted by atomic mass is 10.0. The van der Waals surface area contributed by atoms with Gasteiger partial charge in [-0.1, -0.05) is 36.4 Å². The molecule has 2 unspecified atom stereocenters. The Hall–Kier alpha value is -5.21. The van der Waals surface area contributed by atoms with Crippen molar-refractivity contribution in [3.8, 4) is 0 Å². The van der Waals surface area contributed by atoms with Gasteiger partial charge >= 0.3 is 24.1 Å². The van der Waals surface area contributed by atoms with Gasteiger partial charge in [0.1, 0.15) is 12.1 Å². The number of carbonyl (C=O) groups is 7. The van der Waals surface area contributed by atoms with Crippen LogP contribution < -0.4 is 10.7 Å². The van der Waals surface area contributed by atoms with Crippen LogP contribution in [0.3, 0.4) is 0 Å². The number of amides is 5. The highest BCUT2D eigenvalue weighted by Gasteiger charge is 2.44. The van der Waals surface area contributed by atoms with Gasteiger partial charge in [-0.3, -0.25) is 19.2 Å². The third kappa shape index (κ3) is 6.56. The molecule has 0 aliphatic carbocycles. The lowest BCUT2D eigenvalue weighted by molar-refractivity contribution is -0.155. The Balaban J connectivity index is 1.48. The molecule has 0 bridgehead atoms. The van der Waals surface area contributed by atoms with Gasteiger partial charge in [-0.25, -0.2) is 34.8 Å². The number of aliphatic carboxylic acids is 1. The highest BCUT2D eigenvalue weighted by Crippen LogP contribution is 2.24. The summed E-state index contributed by atoms with van der Waals surface area (Å²) in [4.78, 5) is 88.4. The minimum atomic E-state index is -1.60. The summed E-state index contributed by atoms with van der Waals surface area (Å²) in [6, 6.07) is 8.23. The number of ketones is 1. The molecule has 2 aliphatic heterocycles. The molecule has 3 N–H and O–H groups in total. The molecule has 0 radical (unpaired) electrons. The van der Waals surface area contributed by atoms with Crippen molar-refractivity contribution in [2.75, 3.05) is 26.8 Å². The summed E-state index contributed by atoms with van der Waals surface area (Å²) in [6.07, 6.45) is -1.53. The first-order valence-corrected chi connectivity index (χ1v) is 13.1. The van der Waals surface area contributed by atoms with E-state index in [2.05, 4.69) is 15.5 Å². The monoisotopic (exact) mass is 583 g/mol. The SMILES string of the molecule is COC(=O)NN1CCC(=O)N2CCCC(C(=O)NC(CC(=O)O)C(=O)COC(=O)c3cccc4ccccc34)N2C1=O. The van der Waals surface area contributed by atoms with Crippen LogP contribution in [0.4, 0.5) is 9.59 Å². The summed E-state index contributed by atoms with van der Waals surface area (Å²) in [6.45, 7) is -0.882. The number of nitrogens with zero attached hydrogens (tertiary/aromatic N) is 3. The maximum Gasteiger partial charge on any atom is 0.425 e. The van der Waals surface area contributed by atoms with Crippen molar-refractivity contribution in [1.29, 1.82) is 0 Å². The number of nitrogens with one attached hydrogen (secondary N) is 2. The molecule has 2 fully saturated rings. The molecule has 42 heavy (non-hydrogen) atoms. The van der Waals surface area contributed by atoms with E-state index >= 15 is 0 Å². The number of ether oxygens (including phenoxy) is 2. The number of carboxylic acids is 1. The maximum atomic E-state index is 13.4. The molecular weight excluding hydrogens is 554 g/mol. The quantitative estimate of drug-likeness (QED) is 0.356. The van der Waals surface area contributed by atoms with Crippen molar-refractivity contribution in [3.05, 3.63) is 48.0 Å². The smallest absolute Gasteiger partial charge is 0.425 e. The zero-order chi connectivity index (χ0) is 30.4. The first-order valence-electron chi connectivity index (χ1n) is 13.1. The van der Waals surface area contributed by atoms with Crippen LogP contribution in [-0.2, 0) is 28.7 Å². The zero-order valence-corrected chi connectivity index (χ0v) is 22.6.